The van der Waals surface area contributed by atoms with Crippen LogP contribution in [0.3, 0.4) is 0 Å². The van der Waals surface area contributed by atoms with Crippen molar-refractivity contribution in [2.75, 3.05) is 18.4 Å². The summed E-state index contributed by atoms with van der Waals surface area (Å²) in [6.07, 6.45) is 0. The van der Waals surface area contributed by atoms with Crippen molar-refractivity contribution < 1.29 is 17.9 Å². The second-order valence-corrected chi connectivity index (χ2v) is 7.58. The zero-order chi connectivity index (χ0) is 19.3. The van der Waals surface area contributed by atoms with Crippen LogP contribution >= 0.6 is 0 Å². The molecule has 0 aliphatic heterocycles. The van der Waals surface area contributed by atoms with Gasteiger partial charge in [-0.05, 0) is 55.8 Å². The van der Waals surface area contributed by atoms with Crippen molar-refractivity contribution in [3.05, 3.63) is 53.6 Å². The van der Waals surface area contributed by atoms with Gasteiger partial charge in [-0.3, -0.25) is 9.52 Å². The van der Waals surface area contributed by atoms with Crippen LogP contribution < -0.4 is 20.5 Å². The van der Waals surface area contributed by atoms with Gasteiger partial charge in [-0.25, -0.2) is 8.42 Å². The van der Waals surface area contributed by atoms with Gasteiger partial charge < -0.3 is 15.8 Å². The number of nitrogens with two attached hydrogens (primary N) is 1. The highest BCUT2D eigenvalue weighted by Crippen LogP contribution is 2.22. The summed E-state index contributed by atoms with van der Waals surface area (Å²) in [5.74, 6) is 0.251. The van der Waals surface area contributed by atoms with E-state index < -0.39 is 10.0 Å². The number of ether oxygens (including phenoxy) is 1. The first-order chi connectivity index (χ1) is 12.3. The molecule has 0 saturated heterocycles. The van der Waals surface area contributed by atoms with Crippen LogP contribution in [0.5, 0.6) is 5.75 Å². The molecule has 0 unspecified atom stereocenters. The Labute approximate surface area is 153 Å². The average Bonchev–Trinajstić information content (AvgIpc) is 2.62. The number of nitrogens with one attached hydrogen (secondary N) is 2. The van der Waals surface area contributed by atoms with E-state index in [2.05, 4.69) is 10.0 Å². The van der Waals surface area contributed by atoms with Gasteiger partial charge >= 0.3 is 0 Å². The summed E-state index contributed by atoms with van der Waals surface area (Å²) in [5.41, 5.74) is 6.69. The van der Waals surface area contributed by atoms with Crippen LogP contribution in [0.1, 0.15) is 22.8 Å². The van der Waals surface area contributed by atoms with E-state index in [4.69, 9.17) is 10.5 Å². The molecular formula is C18H23N3O4S. The summed E-state index contributed by atoms with van der Waals surface area (Å²) in [5, 5.41) is 2.71. The van der Waals surface area contributed by atoms with E-state index in [1.165, 1.54) is 13.2 Å². The second-order valence-electron chi connectivity index (χ2n) is 5.92. The molecule has 140 valence electrons. The van der Waals surface area contributed by atoms with Crippen LogP contribution in [0.15, 0.2) is 47.4 Å². The number of carbonyl (C=O) groups is 1. The zero-order valence-corrected chi connectivity index (χ0v) is 15.8. The molecule has 0 spiro atoms. The van der Waals surface area contributed by atoms with Gasteiger partial charge in [0.1, 0.15) is 5.75 Å². The Balaban J connectivity index is 2.30. The number of amides is 1. The number of hydrogen-bond acceptors (Lipinski definition) is 5. The summed E-state index contributed by atoms with van der Waals surface area (Å²) >= 11 is 0. The number of methoxy groups -OCH3 is 1. The Hall–Kier alpha value is -2.58. The molecule has 7 nitrogen and oxygen atoms in total. The lowest BCUT2D eigenvalue weighted by atomic mass is 10.1. The fourth-order valence-corrected chi connectivity index (χ4v) is 3.60. The molecule has 1 atom stereocenters. The predicted molar refractivity (Wildman–Crippen MR) is 101 cm³/mol. The largest absolute Gasteiger partial charge is 0.497 e. The number of hydrogen-bond donors (Lipinski definition) is 3. The van der Waals surface area contributed by atoms with E-state index in [9.17, 15) is 13.2 Å². The van der Waals surface area contributed by atoms with Crippen molar-refractivity contribution in [3.63, 3.8) is 0 Å². The molecule has 0 fully saturated rings. The van der Waals surface area contributed by atoms with Gasteiger partial charge in [-0.1, -0.05) is 6.07 Å². The lowest BCUT2D eigenvalue weighted by molar-refractivity contribution is 0.0941. The van der Waals surface area contributed by atoms with Gasteiger partial charge in [0, 0.05) is 23.8 Å². The van der Waals surface area contributed by atoms with Gasteiger partial charge in [0.05, 0.1) is 12.0 Å². The zero-order valence-electron chi connectivity index (χ0n) is 14.9. The molecule has 0 saturated carbocycles. The number of sulfonamides is 1. The minimum atomic E-state index is -3.85. The molecule has 0 aliphatic carbocycles. The molecule has 0 aliphatic rings. The van der Waals surface area contributed by atoms with Gasteiger partial charge in [-0.15, -0.1) is 0 Å². The number of carbonyl (C=O) groups excluding carboxylic acids is 1. The molecule has 1 amide bonds. The summed E-state index contributed by atoms with van der Waals surface area (Å²) in [4.78, 5) is 12.3. The minimum Gasteiger partial charge on any atom is -0.497 e. The first kappa shape index (κ1) is 19.7. The molecule has 0 aromatic heterocycles. The van der Waals surface area contributed by atoms with Crippen LogP contribution in [0.25, 0.3) is 0 Å². The standard InChI is InChI=1S/C18H23N3O4S/c1-12-4-5-14(18(22)20-13(2)11-19)10-17(12)26(23,24)21-15-6-8-16(25-3)9-7-15/h4-10,13,21H,11,19H2,1-3H3,(H,20,22)/t13-/m0/s1. The van der Waals surface area contributed by atoms with E-state index in [-0.39, 0.29) is 22.4 Å². The van der Waals surface area contributed by atoms with Gasteiger partial charge in [0.15, 0.2) is 0 Å². The van der Waals surface area contributed by atoms with Gasteiger partial charge in [0.25, 0.3) is 15.9 Å². The van der Waals surface area contributed by atoms with Gasteiger partial charge in [0.2, 0.25) is 0 Å². The molecule has 0 heterocycles. The number of rotatable bonds is 7. The molecule has 26 heavy (non-hydrogen) atoms. The van der Waals surface area contributed by atoms with Crippen molar-refractivity contribution in [1.82, 2.24) is 5.32 Å². The Kier molecular flexibility index (Phi) is 6.23. The lowest BCUT2D eigenvalue weighted by Crippen LogP contribution is -2.37. The maximum absolute atomic E-state index is 12.7. The minimum absolute atomic E-state index is 0.0429. The van der Waals surface area contributed by atoms with Crippen molar-refractivity contribution >= 4 is 21.6 Å². The van der Waals surface area contributed by atoms with E-state index in [0.29, 0.717) is 23.5 Å². The quantitative estimate of drug-likeness (QED) is 0.682. The third-order valence-electron chi connectivity index (χ3n) is 3.81. The van der Waals surface area contributed by atoms with Crippen LogP contribution in [0.4, 0.5) is 5.69 Å². The molecule has 8 heteroatoms. The maximum Gasteiger partial charge on any atom is 0.262 e. The summed E-state index contributed by atoms with van der Waals surface area (Å²) in [6, 6.07) is 10.9. The third-order valence-corrected chi connectivity index (χ3v) is 5.34. The van der Waals surface area contributed by atoms with E-state index in [1.807, 2.05) is 0 Å². The maximum atomic E-state index is 12.7. The summed E-state index contributed by atoms with van der Waals surface area (Å²) in [7, 11) is -2.32. The van der Waals surface area contributed by atoms with E-state index in [1.54, 1.807) is 50.2 Å². The summed E-state index contributed by atoms with van der Waals surface area (Å²) < 4.78 is 33.0. The van der Waals surface area contributed by atoms with Crippen LogP contribution in [0, 0.1) is 6.92 Å². The Morgan fingerprint density at radius 1 is 1.19 bits per heavy atom. The first-order valence-electron chi connectivity index (χ1n) is 8.05. The Morgan fingerprint density at radius 2 is 1.85 bits per heavy atom. The van der Waals surface area contributed by atoms with Crippen molar-refractivity contribution in [2.45, 2.75) is 24.8 Å². The normalized spacial score (nSPS) is 12.3. The van der Waals surface area contributed by atoms with Crippen LogP contribution in [-0.4, -0.2) is 34.0 Å². The van der Waals surface area contributed by atoms with E-state index >= 15 is 0 Å². The molecule has 2 aromatic carbocycles. The lowest BCUT2D eigenvalue weighted by Gasteiger charge is -2.14. The van der Waals surface area contributed by atoms with Crippen LogP contribution in [-0.2, 0) is 10.0 Å². The molecule has 2 rings (SSSR count). The molecular weight excluding hydrogens is 354 g/mol. The smallest absolute Gasteiger partial charge is 0.262 e. The fraction of sp³-hybridized carbons (Fsp3) is 0.278. The SMILES string of the molecule is COc1ccc(NS(=O)(=O)c2cc(C(=O)N[C@@H](C)CN)ccc2C)cc1. The number of anilines is 1. The highest BCUT2D eigenvalue weighted by Gasteiger charge is 2.20. The van der Waals surface area contributed by atoms with Crippen molar-refractivity contribution in [3.8, 4) is 5.75 Å². The van der Waals surface area contributed by atoms with Gasteiger partial charge in [-0.2, -0.15) is 0 Å². The predicted octanol–water partition coefficient (Wildman–Crippen LogP) is 1.88. The fourth-order valence-electron chi connectivity index (χ4n) is 2.27. The van der Waals surface area contributed by atoms with E-state index in [0.717, 1.165) is 0 Å². The van der Waals surface area contributed by atoms with Crippen LogP contribution in [0.2, 0.25) is 0 Å². The number of aryl methyl sites for hydroxylation is 1. The van der Waals surface area contributed by atoms with Crippen molar-refractivity contribution in [2.24, 2.45) is 5.73 Å². The first-order valence-corrected chi connectivity index (χ1v) is 9.53. The summed E-state index contributed by atoms with van der Waals surface area (Å²) in [6.45, 7) is 3.74. The number of benzene rings is 2. The molecule has 4 N–H and O–H groups in total. The van der Waals surface area contributed by atoms with Crippen molar-refractivity contribution in [1.29, 1.82) is 0 Å². The molecule has 0 radical (unpaired) electrons. The average molecular weight is 377 g/mol. The highest BCUT2D eigenvalue weighted by atomic mass is 32.2. The monoisotopic (exact) mass is 377 g/mol. The highest BCUT2D eigenvalue weighted by molar-refractivity contribution is 7.92. The third kappa shape index (κ3) is 4.74. The molecule has 0 bridgehead atoms. The Morgan fingerprint density at radius 3 is 2.42 bits per heavy atom. The second kappa shape index (κ2) is 8.20. The Bertz CT molecular complexity index is 880. The topological polar surface area (TPSA) is 111 Å². The molecule has 2 aromatic rings.